The zero-order chi connectivity index (χ0) is 28.7. The molecule has 11 heteroatoms. The van der Waals surface area contributed by atoms with Crippen LogP contribution in [0.5, 0.6) is 0 Å². The van der Waals surface area contributed by atoms with E-state index in [2.05, 4.69) is 63.8 Å². The number of anilines is 2. The summed E-state index contributed by atoms with van der Waals surface area (Å²) in [6.07, 6.45) is 3.33. The summed E-state index contributed by atoms with van der Waals surface area (Å²) < 4.78 is 21.1. The molecule has 10 nitrogen and oxygen atoms in total. The van der Waals surface area contributed by atoms with Crippen molar-refractivity contribution in [2.45, 2.75) is 46.2 Å². The molecular formula is C29H30FN9O. The lowest BCUT2D eigenvalue weighted by atomic mass is 9.96. The summed E-state index contributed by atoms with van der Waals surface area (Å²) in [5.41, 5.74) is 3.87. The number of rotatable bonds is 7. The van der Waals surface area contributed by atoms with Gasteiger partial charge in [0, 0.05) is 35.1 Å². The van der Waals surface area contributed by atoms with E-state index >= 15 is 0 Å². The van der Waals surface area contributed by atoms with Crippen molar-refractivity contribution in [2.24, 2.45) is 5.41 Å². The number of ether oxygens (including phenoxy) is 1. The molecule has 1 fully saturated rings. The molecular weight excluding hydrogens is 509 g/mol. The van der Waals surface area contributed by atoms with Crippen molar-refractivity contribution in [3.63, 3.8) is 0 Å². The number of benzene rings is 1. The van der Waals surface area contributed by atoms with Gasteiger partial charge in [-0.2, -0.15) is 14.9 Å². The van der Waals surface area contributed by atoms with Crippen molar-refractivity contribution in [1.29, 1.82) is 10.5 Å². The molecule has 4 heterocycles. The highest BCUT2D eigenvalue weighted by molar-refractivity contribution is 5.99. The van der Waals surface area contributed by atoms with Crippen LogP contribution >= 0.6 is 0 Å². The number of pyridine rings is 2. The molecule has 3 aromatic heterocycles. The Morgan fingerprint density at radius 2 is 1.93 bits per heavy atom. The van der Waals surface area contributed by atoms with Gasteiger partial charge in [-0.3, -0.25) is 4.98 Å². The first-order chi connectivity index (χ1) is 19.0. The second-order valence-electron chi connectivity index (χ2n) is 11.6. The number of aromatic nitrogens is 5. The van der Waals surface area contributed by atoms with Gasteiger partial charge in [0.05, 0.1) is 47.8 Å². The van der Waals surface area contributed by atoms with Gasteiger partial charge in [0.25, 0.3) is 0 Å². The molecule has 0 spiro atoms. The Morgan fingerprint density at radius 3 is 2.55 bits per heavy atom. The molecule has 0 bridgehead atoms. The third-order valence-corrected chi connectivity index (χ3v) is 6.91. The average Bonchev–Trinajstić information content (AvgIpc) is 3.38. The number of aryl methyl sites for hydroxylation is 1. The molecule has 2 N–H and O–H groups in total. The van der Waals surface area contributed by atoms with E-state index in [-0.39, 0.29) is 11.0 Å². The maximum atomic E-state index is 13.9. The van der Waals surface area contributed by atoms with Crippen LogP contribution in [-0.2, 0) is 10.3 Å². The Kier molecular flexibility index (Phi) is 6.86. The molecule has 0 aliphatic carbocycles. The van der Waals surface area contributed by atoms with Crippen molar-refractivity contribution in [2.75, 3.05) is 30.4 Å². The van der Waals surface area contributed by atoms with Crippen LogP contribution in [0.25, 0.3) is 10.9 Å². The highest BCUT2D eigenvalue weighted by Crippen LogP contribution is 2.35. The zero-order valence-corrected chi connectivity index (χ0v) is 23.1. The molecule has 1 saturated heterocycles. The number of fused-ring (bicyclic) bond motifs is 1. The smallest absolute Gasteiger partial charge is 0.213 e. The van der Waals surface area contributed by atoms with Crippen LogP contribution in [0.4, 0.5) is 15.8 Å². The second kappa shape index (κ2) is 10.2. The minimum absolute atomic E-state index is 0.0532. The van der Waals surface area contributed by atoms with Gasteiger partial charge >= 0.3 is 0 Å². The maximum Gasteiger partial charge on any atom is 0.213 e. The number of halogens is 1. The third-order valence-electron chi connectivity index (χ3n) is 6.91. The van der Waals surface area contributed by atoms with Gasteiger partial charge in [-0.05, 0) is 37.5 Å². The van der Waals surface area contributed by atoms with E-state index < -0.39 is 12.0 Å². The van der Waals surface area contributed by atoms with Crippen LogP contribution in [0.3, 0.4) is 0 Å². The molecule has 204 valence electrons. The fourth-order valence-electron chi connectivity index (χ4n) is 4.63. The Bertz CT molecular complexity index is 1670. The monoisotopic (exact) mass is 539 g/mol. The summed E-state index contributed by atoms with van der Waals surface area (Å²) in [6, 6.07) is 10.4. The van der Waals surface area contributed by atoms with Crippen LogP contribution in [0, 0.1) is 40.9 Å². The standard InChI is InChI=1S/C29H30FN9O/c1-17-21(6-7-24(30)35-17)27(23-13-39(38-37-23)29(5)15-40-16-29)36-20-8-18(10-31)25-22(9-20)26(19(11-32)12-33-25)34-14-28(2,3)4/h6-9,12-13,27,36H,14-16H2,1-5H3,(H,33,34)/t27-/m0/s1. The summed E-state index contributed by atoms with van der Waals surface area (Å²) in [7, 11) is 0. The van der Waals surface area contributed by atoms with E-state index in [1.54, 1.807) is 23.7 Å². The third kappa shape index (κ3) is 5.16. The number of nitrogens with zero attached hydrogens (tertiary/aromatic N) is 7. The molecule has 1 aliphatic heterocycles. The van der Waals surface area contributed by atoms with E-state index in [0.29, 0.717) is 70.1 Å². The average molecular weight is 540 g/mol. The summed E-state index contributed by atoms with van der Waals surface area (Å²) in [5, 5.41) is 36.2. The topological polar surface area (TPSA) is 137 Å². The Morgan fingerprint density at radius 1 is 1.18 bits per heavy atom. The quantitative estimate of drug-likeness (QED) is 0.317. The molecule has 0 saturated carbocycles. The normalized spacial score (nSPS) is 15.1. The van der Waals surface area contributed by atoms with Crippen molar-refractivity contribution in [3.05, 3.63) is 70.7 Å². The van der Waals surface area contributed by atoms with E-state index in [9.17, 15) is 14.9 Å². The molecule has 4 aromatic rings. The van der Waals surface area contributed by atoms with Gasteiger partial charge in [0.1, 0.15) is 23.4 Å². The molecule has 5 rings (SSSR count). The molecule has 40 heavy (non-hydrogen) atoms. The van der Waals surface area contributed by atoms with Crippen LogP contribution in [0.2, 0.25) is 0 Å². The van der Waals surface area contributed by atoms with Crippen LogP contribution in [0.15, 0.2) is 36.7 Å². The van der Waals surface area contributed by atoms with E-state index in [0.717, 1.165) is 0 Å². The summed E-state index contributed by atoms with van der Waals surface area (Å²) in [5.74, 6) is -0.579. The number of nitrogens with one attached hydrogen (secondary N) is 2. The van der Waals surface area contributed by atoms with Crippen molar-refractivity contribution in [3.8, 4) is 12.1 Å². The largest absolute Gasteiger partial charge is 0.383 e. The lowest BCUT2D eigenvalue weighted by molar-refractivity contribution is -0.0965. The predicted octanol–water partition coefficient (Wildman–Crippen LogP) is 4.82. The lowest BCUT2D eigenvalue weighted by Crippen LogP contribution is -2.49. The lowest BCUT2D eigenvalue weighted by Gasteiger charge is -2.37. The number of hydrogen-bond acceptors (Lipinski definition) is 9. The fraction of sp³-hybridized carbons (Fsp3) is 0.379. The second-order valence-corrected chi connectivity index (χ2v) is 11.6. The fourth-order valence-corrected chi connectivity index (χ4v) is 4.63. The molecule has 1 atom stereocenters. The van der Waals surface area contributed by atoms with E-state index in [1.165, 1.54) is 12.3 Å². The number of nitriles is 2. The Balaban J connectivity index is 1.63. The van der Waals surface area contributed by atoms with Gasteiger partial charge < -0.3 is 15.4 Å². The zero-order valence-electron chi connectivity index (χ0n) is 23.1. The van der Waals surface area contributed by atoms with E-state index in [4.69, 9.17) is 4.74 Å². The molecule has 0 amide bonds. The van der Waals surface area contributed by atoms with Crippen molar-refractivity contribution < 1.29 is 9.13 Å². The van der Waals surface area contributed by atoms with Gasteiger partial charge in [0.2, 0.25) is 5.95 Å². The van der Waals surface area contributed by atoms with Crippen molar-refractivity contribution >= 4 is 22.3 Å². The minimum atomic E-state index is -0.579. The highest BCUT2D eigenvalue weighted by atomic mass is 19.1. The van der Waals surface area contributed by atoms with Gasteiger partial charge in [-0.25, -0.2) is 9.67 Å². The van der Waals surface area contributed by atoms with Gasteiger partial charge in [0.15, 0.2) is 0 Å². The molecule has 0 radical (unpaired) electrons. The molecule has 0 unspecified atom stereocenters. The first kappa shape index (κ1) is 27.0. The molecule has 1 aliphatic rings. The van der Waals surface area contributed by atoms with Gasteiger partial charge in [-0.1, -0.05) is 32.1 Å². The first-order valence-corrected chi connectivity index (χ1v) is 12.9. The van der Waals surface area contributed by atoms with Crippen LogP contribution in [0.1, 0.15) is 61.8 Å². The summed E-state index contributed by atoms with van der Waals surface area (Å²) >= 11 is 0. The molecule has 1 aromatic carbocycles. The van der Waals surface area contributed by atoms with Crippen molar-refractivity contribution in [1.82, 2.24) is 25.0 Å². The minimum Gasteiger partial charge on any atom is -0.383 e. The Labute approximate surface area is 231 Å². The SMILES string of the molecule is Cc1nc(F)ccc1[C@H](Nc1cc(C#N)c2ncc(C#N)c(NCC(C)(C)C)c2c1)c1cn(C2(C)COC2)nn1. The summed E-state index contributed by atoms with van der Waals surface area (Å²) in [4.78, 5) is 8.45. The predicted molar refractivity (Wildman–Crippen MR) is 148 cm³/mol. The van der Waals surface area contributed by atoms with Crippen LogP contribution < -0.4 is 10.6 Å². The highest BCUT2D eigenvalue weighted by Gasteiger charge is 2.37. The number of hydrogen-bond donors (Lipinski definition) is 2. The van der Waals surface area contributed by atoms with Crippen LogP contribution in [-0.4, -0.2) is 44.7 Å². The first-order valence-electron chi connectivity index (χ1n) is 12.9. The van der Waals surface area contributed by atoms with E-state index in [1.807, 2.05) is 19.2 Å². The Hall–Kier alpha value is -4.61. The summed E-state index contributed by atoms with van der Waals surface area (Å²) in [6.45, 7) is 11.7. The van der Waals surface area contributed by atoms with Gasteiger partial charge in [-0.15, -0.1) is 5.10 Å². The maximum absolute atomic E-state index is 13.9.